The van der Waals surface area contributed by atoms with E-state index in [0.29, 0.717) is 18.5 Å². The molecule has 1 aromatic rings. The van der Waals surface area contributed by atoms with Crippen LogP contribution in [0.1, 0.15) is 30.0 Å². The van der Waals surface area contributed by atoms with Crippen molar-refractivity contribution in [3.8, 4) is 17.9 Å². The third-order valence-corrected chi connectivity index (χ3v) is 2.21. The Balaban J connectivity index is 2.65. The van der Waals surface area contributed by atoms with Crippen LogP contribution >= 0.6 is 0 Å². The first-order valence-corrected chi connectivity index (χ1v) is 5.37. The van der Waals surface area contributed by atoms with E-state index >= 15 is 0 Å². The zero-order valence-corrected chi connectivity index (χ0v) is 10.0. The monoisotopic (exact) mass is 226 g/mol. The maximum absolute atomic E-state index is 10.6. The van der Waals surface area contributed by atoms with Gasteiger partial charge in [0.15, 0.2) is 0 Å². The van der Waals surface area contributed by atoms with E-state index in [4.69, 9.17) is 5.26 Å². The summed E-state index contributed by atoms with van der Waals surface area (Å²) in [5.74, 6) is 5.94. The van der Waals surface area contributed by atoms with Crippen LogP contribution in [0, 0.1) is 30.1 Å². The molecule has 0 fully saturated rings. The molecule has 86 valence electrons. The lowest BCUT2D eigenvalue weighted by Crippen LogP contribution is -2.20. The Kier molecular flexibility index (Phi) is 4.78. The van der Waals surface area contributed by atoms with Crippen molar-refractivity contribution in [1.82, 2.24) is 5.32 Å². The van der Waals surface area contributed by atoms with Gasteiger partial charge in [-0.15, -0.1) is 0 Å². The molecule has 0 aliphatic heterocycles. The van der Waals surface area contributed by atoms with Gasteiger partial charge in [-0.25, -0.2) is 0 Å². The summed E-state index contributed by atoms with van der Waals surface area (Å²) in [6, 6.07) is 7.53. The van der Waals surface area contributed by atoms with Crippen molar-refractivity contribution in [1.29, 1.82) is 5.26 Å². The van der Waals surface area contributed by atoms with Gasteiger partial charge in [-0.05, 0) is 24.6 Å². The highest BCUT2D eigenvalue weighted by Gasteiger charge is 1.96. The van der Waals surface area contributed by atoms with Crippen LogP contribution in [-0.4, -0.2) is 12.5 Å². The second-order valence-corrected chi connectivity index (χ2v) is 3.68. The van der Waals surface area contributed by atoms with Gasteiger partial charge in [0.1, 0.15) is 0 Å². The van der Waals surface area contributed by atoms with Crippen molar-refractivity contribution in [2.45, 2.75) is 20.3 Å². The summed E-state index contributed by atoms with van der Waals surface area (Å²) in [4.78, 5) is 10.6. The summed E-state index contributed by atoms with van der Waals surface area (Å²) >= 11 is 0. The molecular weight excluding hydrogens is 212 g/mol. The van der Waals surface area contributed by atoms with E-state index in [1.54, 1.807) is 12.1 Å². The molecule has 0 atom stereocenters. The average molecular weight is 226 g/mol. The smallest absolute Gasteiger partial charge is 0.216 e. The first kappa shape index (κ1) is 12.8. The van der Waals surface area contributed by atoms with Gasteiger partial charge >= 0.3 is 0 Å². The highest BCUT2D eigenvalue weighted by molar-refractivity contribution is 5.72. The van der Waals surface area contributed by atoms with Crippen molar-refractivity contribution in [2.75, 3.05) is 6.54 Å². The number of carbonyl (C=O) groups is 1. The zero-order valence-electron chi connectivity index (χ0n) is 10.0. The molecule has 0 saturated carbocycles. The Labute approximate surface area is 101 Å². The summed E-state index contributed by atoms with van der Waals surface area (Å²) in [5.41, 5.74) is 2.53. The van der Waals surface area contributed by atoms with Crippen molar-refractivity contribution < 1.29 is 4.79 Å². The molecule has 1 N–H and O–H groups in total. The molecule has 0 spiro atoms. The Morgan fingerprint density at radius 3 is 2.88 bits per heavy atom. The zero-order chi connectivity index (χ0) is 12.7. The van der Waals surface area contributed by atoms with Gasteiger partial charge in [0.2, 0.25) is 5.91 Å². The molecule has 3 nitrogen and oxygen atoms in total. The van der Waals surface area contributed by atoms with E-state index in [0.717, 1.165) is 11.1 Å². The number of carbonyl (C=O) groups excluding carboxylic acids is 1. The van der Waals surface area contributed by atoms with E-state index in [-0.39, 0.29) is 5.91 Å². The quantitative estimate of drug-likeness (QED) is 0.617. The maximum atomic E-state index is 10.6. The molecule has 0 bridgehead atoms. The summed E-state index contributed by atoms with van der Waals surface area (Å²) in [6.07, 6.45) is 0.607. The van der Waals surface area contributed by atoms with Crippen LogP contribution in [-0.2, 0) is 4.79 Å². The maximum Gasteiger partial charge on any atom is 0.216 e. The molecule has 3 heteroatoms. The number of hydrogen-bond donors (Lipinski definition) is 1. The molecule has 17 heavy (non-hydrogen) atoms. The summed E-state index contributed by atoms with van der Waals surface area (Å²) < 4.78 is 0. The second kappa shape index (κ2) is 6.35. The van der Waals surface area contributed by atoms with E-state index < -0.39 is 0 Å². The Bertz CT molecular complexity index is 515. The highest BCUT2D eigenvalue weighted by atomic mass is 16.1. The van der Waals surface area contributed by atoms with Crippen LogP contribution in [0.3, 0.4) is 0 Å². The predicted octanol–water partition coefficient (Wildman–Crippen LogP) is 1.74. The standard InChI is InChI=1S/C14H14N2O/c1-11-6-7-13(10-15)9-14(11)5-3-4-8-16-12(2)17/h6-7,9H,4,8H2,1-2H3,(H,16,17). The second-order valence-electron chi connectivity index (χ2n) is 3.68. The summed E-state index contributed by atoms with van der Waals surface area (Å²) in [6.45, 7) is 3.99. The van der Waals surface area contributed by atoms with Crippen molar-refractivity contribution in [2.24, 2.45) is 0 Å². The average Bonchev–Trinajstić information content (AvgIpc) is 2.30. The van der Waals surface area contributed by atoms with Crippen molar-refractivity contribution >= 4 is 5.91 Å². The minimum absolute atomic E-state index is 0.0468. The van der Waals surface area contributed by atoms with Crippen molar-refractivity contribution in [3.63, 3.8) is 0 Å². The molecule has 0 aliphatic rings. The van der Waals surface area contributed by atoms with Gasteiger partial charge in [0, 0.05) is 25.5 Å². The molecule has 0 heterocycles. The fourth-order valence-electron chi connectivity index (χ4n) is 1.28. The van der Waals surface area contributed by atoms with Crippen LogP contribution in [0.15, 0.2) is 18.2 Å². The molecular formula is C14H14N2O. The minimum atomic E-state index is -0.0468. The van der Waals surface area contributed by atoms with Crippen LogP contribution in [0.25, 0.3) is 0 Å². The molecule has 0 unspecified atom stereocenters. The van der Waals surface area contributed by atoms with E-state index in [2.05, 4.69) is 23.2 Å². The molecule has 1 amide bonds. The molecule has 1 rings (SSSR count). The van der Waals surface area contributed by atoms with Gasteiger partial charge in [0.05, 0.1) is 11.6 Å². The first-order valence-electron chi connectivity index (χ1n) is 5.37. The number of amides is 1. The fraction of sp³-hybridized carbons (Fsp3) is 0.286. The Morgan fingerprint density at radius 1 is 1.47 bits per heavy atom. The number of nitriles is 1. The third-order valence-electron chi connectivity index (χ3n) is 2.21. The lowest BCUT2D eigenvalue weighted by atomic mass is 10.1. The molecule has 0 aliphatic carbocycles. The molecule has 0 aromatic heterocycles. The number of hydrogen-bond acceptors (Lipinski definition) is 2. The van der Waals surface area contributed by atoms with Gasteiger partial charge in [-0.2, -0.15) is 5.26 Å². The molecule has 1 aromatic carbocycles. The first-order chi connectivity index (χ1) is 8.13. The summed E-state index contributed by atoms with van der Waals surface area (Å²) in [5, 5.41) is 11.5. The largest absolute Gasteiger partial charge is 0.355 e. The SMILES string of the molecule is CC(=O)NCCC#Cc1cc(C#N)ccc1C. The van der Waals surface area contributed by atoms with Crippen molar-refractivity contribution in [3.05, 3.63) is 34.9 Å². The van der Waals surface area contributed by atoms with Gasteiger partial charge in [0.25, 0.3) is 0 Å². The van der Waals surface area contributed by atoms with E-state index in [9.17, 15) is 4.79 Å². The number of nitrogens with zero attached hydrogens (tertiary/aromatic N) is 1. The Morgan fingerprint density at radius 2 is 2.24 bits per heavy atom. The van der Waals surface area contributed by atoms with Crippen LogP contribution in [0.2, 0.25) is 0 Å². The van der Waals surface area contributed by atoms with Crippen LogP contribution < -0.4 is 5.32 Å². The number of benzene rings is 1. The minimum Gasteiger partial charge on any atom is -0.355 e. The summed E-state index contributed by atoms with van der Waals surface area (Å²) in [7, 11) is 0. The van der Waals surface area contributed by atoms with Crippen LogP contribution in [0.5, 0.6) is 0 Å². The molecule has 0 saturated heterocycles. The normalized spacial score (nSPS) is 8.76. The van der Waals surface area contributed by atoms with E-state index in [1.807, 2.05) is 13.0 Å². The highest BCUT2D eigenvalue weighted by Crippen LogP contribution is 2.09. The van der Waals surface area contributed by atoms with E-state index in [1.165, 1.54) is 6.92 Å². The topological polar surface area (TPSA) is 52.9 Å². The predicted molar refractivity (Wildman–Crippen MR) is 66.1 cm³/mol. The number of rotatable bonds is 2. The van der Waals surface area contributed by atoms with Crippen LogP contribution in [0.4, 0.5) is 0 Å². The number of aryl methyl sites for hydroxylation is 1. The van der Waals surface area contributed by atoms with Gasteiger partial charge < -0.3 is 5.32 Å². The third kappa shape index (κ3) is 4.40. The van der Waals surface area contributed by atoms with Gasteiger partial charge in [-0.3, -0.25) is 4.79 Å². The molecule has 0 radical (unpaired) electrons. The Hall–Kier alpha value is -2.26. The lowest BCUT2D eigenvalue weighted by molar-refractivity contribution is -0.118. The number of nitrogens with one attached hydrogen (secondary N) is 1. The lowest BCUT2D eigenvalue weighted by Gasteiger charge is -1.98. The fourth-order valence-corrected chi connectivity index (χ4v) is 1.28. The van der Waals surface area contributed by atoms with Gasteiger partial charge in [-0.1, -0.05) is 17.9 Å².